The molecule has 0 fully saturated rings. The van der Waals surface area contributed by atoms with Gasteiger partial charge in [-0.05, 0) is 12.1 Å². The van der Waals surface area contributed by atoms with Gasteiger partial charge < -0.3 is 9.80 Å². The van der Waals surface area contributed by atoms with E-state index in [-0.39, 0.29) is 11.8 Å². The van der Waals surface area contributed by atoms with Gasteiger partial charge >= 0.3 is 0 Å². The Labute approximate surface area is 145 Å². The summed E-state index contributed by atoms with van der Waals surface area (Å²) in [7, 11) is 3.62. The third kappa shape index (κ3) is 3.62. The lowest BCUT2D eigenvalue weighted by atomic mass is 10.2. The van der Waals surface area contributed by atoms with Gasteiger partial charge in [0.05, 0.1) is 17.6 Å². The Kier molecular flexibility index (Phi) is 4.89. The highest BCUT2D eigenvalue weighted by atomic mass is 32.2. The van der Waals surface area contributed by atoms with Crippen LogP contribution in [0.15, 0.2) is 41.6 Å². The molecular formula is C17H20N4O2S. The number of carbonyl (C=O) groups is 2. The molecule has 0 bridgehead atoms. The van der Waals surface area contributed by atoms with Crippen LogP contribution in [0.3, 0.4) is 0 Å². The lowest BCUT2D eigenvalue weighted by molar-refractivity contribution is -0.130. The molecule has 7 heteroatoms. The number of amides is 2. The van der Waals surface area contributed by atoms with Crippen LogP contribution in [0.4, 0.5) is 5.69 Å². The van der Waals surface area contributed by atoms with Gasteiger partial charge in [-0.2, -0.15) is 5.10 Å². The summed E-state index contributed by atoms with van der Waals surface area (Å²) in [4.78, 5) is 29.1. The third-order valence-corrected chi connectivity index (χ3v) is 5.01. The predicted molar refractivity (Wildman–Crippen MR) is 93.8 cm³/mol. The van der Waals surface area contributed by atoms with Gasteiger partial charge in [0, 0.05) is 50.3 Å². The van der Waals surface area contributed by atoms with Crippen LogP contribution in [0, 0.1) is 0 Å². The number of anilines is 1. The molecule has 1 aromatic heterocycles. The van der Waals surface area contributed by atoms with Crippen LogP contribution < -0.4 is 4.90 Å². The van der Waals surface area contributed by atoms with Crippen molar-refractivity contribution in [2.45, 2.75) is 17.9 Å². The van der Waals surface area contributed by atoms with E-state index in [1.165, 1.54) is 0 Å². The second kappa shape index (κ2) is 7.09. The zero-order valence-corrected chi connectivity index (χ0v) is 14.6. The number of hydrogen-bond acceptors (Lipinski definition) is 4. The van der Waals surface area contributed by atoms with Crippen molar-refractivity contribution in [2.75, 3.05) is 24.2 Å². The lowest BCUT2D eigenvalue weighted by Gasteiger charge is -2.29. The molecule has 0 N–H and O–H groups in total. The van der Waals surface area contributed by atoms with E-state index in [9.17, 15) is 9.59 Å². The van der Waals surface area contributed by atoms with E-state index in [1.807, 2.05) is 37.5 Å². The topological polar surface area (TPSA) is 58.4 Å². The minimum atomic E-state index is 0.0161. The highest BCUT2D eigenvalue weighted by Gasteiger charge is 2.25. The number of aryl methyl sites for hydroxylation is 1. The Morgan fingerprint density at radius 3 is 2.92 bits per heavy atom. The Hall–Kier alpha value is -2.28. The normalized spacial score (nSPS) is 13.8. The fourth-order valence-corrected chi connectivity index (χ4v) is 3.65. The van der Waals surface area contributed by atoms with Crippen molar-refractivity contribution in [1.82, 2.24) is 14.7 Å². The van der Waals surface area contributed by atoms with E-state index in [1.54, 1.807) is 39.5 Å². The van der Waals surface area contributed by atoms with Crippen LogP contribution in [0.2, 0.25) is 0 Å². The molecule has 0 atom stereocenters. The number of benzene rings is 1. The molecule has 2 amide bonds. The van der Waals surface area contributed by atoms with E-state index in [0.717, 1.165) is 16.1 Å². The molecule has 1 aliphatic heterocycles. The van der Waals surface area contributed by atoms with Crippen molar-refractivity contribution in [3.8, 4) is 0 Å². The second-order valence-corrected chi connectivity index (χ2v) is 6.84. The SMILES string of the molecule is CN(Cc1cnn(C)c1)C(=O)CCN1C(=O)CSc2ccccc21. The number of hydrogen-bond donors (Lipinski definition) is 0. The minimum Gasteiger partial charge on any atom is -0.341 e. The van der Waals surface area contributed by atoms with E-state index < -0.39 is 0 Å². The quantitative estimate of drug-likeness (QED) is 0.831. The van der Waals surface area contributed by atoms with Crippen molar-refractivity contribution in [2.24, 2.45) is 7.05 Å². The van der Waals surface area contributed by atoms with Crippen LogP contribution in [0.1, 0.15) is 12.0 Å². The van der Waals surface area contributed by atoms with Crippen LogP contribution in [-0.2, 0) is 23.2 Å². The van der Waals surface area contributed by atoms with Gasteiger partial charge in [0.2, 0.25) is 11.8 Å². The van der Waals surface area contributed by atoms with Gasteiger partial charge in [-0.15, -0.1) is 11.8 Å². The summed E-state index contributed by atoms with van der Waals surface area (Å²) in [6, 6.07) is 7.83. The number of aromatic nitrogens is 2. The van der Waals surface area contributed by atoms with Gasteiger partial charge in [0.15, 0.2) is 0 Å². The predicted octanol–water partition coefficient (Wildman–Crippen LogP) is 1.91. The number of carbonyl (C=O) groups excluding carboxylic acids is 2. The Morgan fingerprint density at radius 1 is 1.38 bits per heavy atom. The van der Waals surface area contributed by atoms with Crippen LogP contribution in [0.5, 0.6) is 0 Å². The first-order valence-electron chi connectivity index (χ1n) is 7.78. The summed E-state index contributed by atoms with van der Waals surface area (Å²) in [5.74, 6) is 0.500. The molecule has 24 heavy (non-hydrogen) atoms. The number of rotatable bonds is 5. The minimum absolute atomic E-state index is 0.0161. The standard InChI is InChI=1S/C17H20N4O2S/c1-19(10-13-9-18-20(2)11-13)16(22)7-8-21-14-5-3-4-6-15(14)24-12-17(21)23/h3-6,9,11H,7-8,10,12H2,1-2H3. The maximum absolute atomic E-state index is 12.4. The molecule has 6 nitrogen and oxygen atoms in total. The van der Waals surface area contributed by atoms with Crippen LogP contribution in [0.25, 0.3) is 0 Å². The van der Waals surface area contributed by atoms with Gasteiger partial charge in [-0.25, -0.2) is 0 Å². The lowest BCUT2D eigenvalue weighted by Crippen LogP contribution is -2.38. The fraction of sp³-hybridized carbons (Fsp3) is 0.353. The maximum Gasteiger partial charge on any atom is 0.237 e. The molecule has 126 valence electrons. The van der Waals surface area contributed by atoms with Crippen molar-refractivity contribution >= 4 is 29.3 Å². The molecule has 0 unspecified atom stereocenters. The first kappa shape index (κ1) is 16.6. The second-order valence-electron chi connectivity index (χ2n) is 5.82. The molecule has 1 aliphatic rings. The first-order valence-corrected chi connectivity index (χ1v) is 8.77. The Morgan fingerprint density at radius 2 is 2.17 bits per heavy atom. The van der Waals surface area contributed by atoms with Crippen molar-refractivity contribution in [3.05, 3.63) is 42.2 Å². The maximum atomic E-state index is 12.4. The number of fused-ring (bicyclic) bond motifs is 1. The van der Waals surface area contributed by atoms with E-state index in [4.69, 9.17) is 0 Å². The summed E-state index contributed by atoms with van der Waals surface area (Å²) in [5.41, 5.74) is 1.89. The van der Waals surface area contributed by atoms with Crippen LogP contribution >= 0.6 is 11.8 Å². The molecule has 2 aromatic rings. The first-order chi connectivity index (χ1) is 11.5. The highest BCUT2D eigenvalue weighted by Crippen LogP contribution is 2.34. The third-order valence-electron chi connectivity index (χ3n) is 3.96. The number of nitrogens with zero attached hydrogens (tertiary/aromatic N) is 4. The smallest absolute Gasteiger partial charge is 0.237 e. The van der Waals surface area contributed by atoms with Crippen molar-refractivity contribution in [1.29, 1.82) is 0 Å². The number of thioether (sulfide) groups is 1. The van der Waals surface area contributed by atoms with Gasteiger partial charge in [0.1, 0.15) is 0 Å². The van der Waals surface area contributed by atoms with E-state index in [0.29, 0.717) is 25.3 Å². The Balaban J connectivity index is 1.60. The summed E-state index contributed by atoms with van der Waals surface area (Å²) in [5, 5.41) is 4.11. The summed E-state index contributed by atoms with van der Waals surface area (Å²) < 4.78 is 1.72. The van der Waals surface area contributed by atoms with Crippen molar-refractivity contribution < 1.29 is 9.59 Å². The molecule has 0 aliphatic carbocycles. The molecule has 0 spiro atoms. The number of para-hydroxylation sites is 1. The van der Waals surface area contributed by atoms with Gasteiger partial charge in [0.25, 0.3) is 0 Å². The zero-order chi connectivity index (χ0) is 17.1. The molecule has 0 saturated carbocycles. The monoisotopic (exact) mass is 344 g/mol. The molecule has 3 rings (SSSR count). The molecule has 0 radical (unpaired) electrons. The molecule has 2 heterocycles. The van der Waals surface area contributed by atoms with Gasteiger partial charge in [-0.1, -0.05) is 12.1 Å². The summed E-state index contributed by atoms with van der Waals surface area (Å²) in [6.45, 7) is 0.930. The molecule has 0 saturated heterocycles. The fourth-order valence-electron chi connectivity index (χ4n) is 2.71. The van der Waals surface area contributed by atoms with E-state index in [2.05, 4.69) is 5.10 Å². The van der Waals surface area contributed by atoms with Gasteiger partial charge in [-0.3, -0.25) is 14.3 Å². The van der Waals surface area contributed by atoms with Crippen LogP contribution in [-0.4, -0.2) is 45.8 Å². The van der Waals surface area contributed by atoms with Crippen molar-refractivity contribution in [3.63, 3.8) is 0 Å². The Bertz CT molecular complexity index is 759. The van der Waals surface area contributed by atoms with E-state index >= 15 is 0 Å². The average molecular weight is 344 g/mol. The molecular weight excluding hydrogens is 324 g/mol. The molecule has 1 aromatic carbocycles. The largest absolute Gasteiger partial charge is 0.341 e. The summed E-state index contributed by atoms with van der Waals surface area (Å²) >= 11 is 1.55. The summed E-state index contributed by atoms with van der Waals surface area (Å²) in [6.07, 6.45) is 3.96. The average Bonchev–Trinajstić information content (AvgIpc) is 2.98. The highest BCUT2D eigenvalue weighted by molar-refractivity contribution is 8.00. The zero-order valence-electron chi connectivity index (χ0n) is 13.8.